The minimum atomic E-state index is 0.770. The average Bonchev–Trinajstić information content (AvgIpc) is 2.30. The summed E-state index contributed by atoms with van der Waals surface area (Å²) < 4.78 is 0. The van der Waals surface area contributed by atoms with E-state index in [1.807, 2.05) is 0 Å². The van der Waals surface area contributed by atoms with Crippen molar-refractivity contribution in [2.75, 3.05) is 0 Å². The molecule has 1 aliphatic rings. The van der Waals surface area contributed by atoms with Crippen LogP contribution in [0.4, 0.5) is 0 Å². The lowest BCUT2D eigenvalue weighted by atomic mass is 9.97. The van der Waals surface area contributed by atoms with Gasteiger partial charge in [0, 0.05) is 0 Å². The molecule has 0 amide bonds. The summed E-state index contributed by atoms with van der Waals surface area (Å²) in [6.45, 7) is 4.67. The van der Waals surface area contributed by atoms with Crippen molar-refractivity contribution in [2.24, 2.45) is 5.92 Å². The molecule has 0 heteroatoms. The van der Waals surface area contributed by atoms with Crippen LogP contribution in [-0.4, -0.2) is 0 Å². The lowest BCUT2D eigenvalue weighted by Gasteiger charge is -2.08. The second kappa shape index (κ2) is 2.37. The van der Waals surface area contributed by atoms with Gasteiger partial charge in [0.05, 0.1) is 0 Å². The highest BCUT2D eigenvalue weighted by molar-refractivity contribution is 5.35. The summed E-state index contributed by atoms with van der Waals surface area (Å²) in [5.74, 6) is 1.61. The Morgan fingerprint density at radius 1 is 1.18 bits per heavy atom. The van der Waals surface area contributed by atoms with Crippen molar-refractivity contribution in [1.29, 1.82) is 0 Å². The van der Waals surface area contributed by atoms with E-state index >= 15 is 0 Å². The van der Waals surface area contributed by atoms with E-state index in [2.05, 4.69) is 38.1 Å². The Bertz CT molecular complexity index is 262. The van der Waals surface area contributed by atoms with Crippen LogP contribution in [0.2, 0.25) is 0 Å². The van der Waals surface area contributed by atoms with Gasteiger partial charge >= 0.3 is 0 Å². The fourth-order valence-corrected chi connectivity index (χ4v) is 1.99. The van der Waals surface area contributed by atoms with Gasteiger partial charge in [-0.2, -0.15) is 0 Å². The Morgan fingerprint density at radius 2 is 1.91 bits per heavy atom. The normalized spacial score (nSPS) is 28.5. The molecule has 58 valence electrons. The molecule has 2 rings (SSSR count). The van der Waals surface area contributed by atoms with Crippen LogP contribution in [-0.2, 0) is 6.42 Å². The smallest absolute Gasteiger partial charge is 0.0159 e. The second-order valence-corrected chi connectivity index (χ2v) is 3.67. The number of fused-ring (bicyclic) bond motifs is 1. The van der Waals surface area contributed by atoms with Crippen molar-refractivity contribution in [3.05, 3.63) is 35.4 Å². The molecule has 2 atom stereocenters. The first-order valence-electron chi connectivity index (χ1n) is 4.37. The summed E-state index contributed by atoms with van der Waals surface area (Å²) in [5.41, 5.74) is 3.13. The number of benzene rings is 1. The molecule has 1 aromatic rings. The van der Waals surface area contributed by atoms with Gasteiger partial charge < -0.3 is 0 Å². The van der Waals surface area contributed by atoms with Gasteiger partial charge in [-0.15, -0.1) is 0 Å². The molecule has 11 heavy (non-hydrogen) atoms. The summed E-state index contributed by atoms with van der Waals surface area (Å²) >= 11 is 0. The van der Waals surface area contributed by atoms with Crippen LogP contribution in [0.25, 0.3) is 0 Å². The van der Waals surface area contributed by atoms with Crippen LogP contribution in [0.3, 0.4) is 0 Å². The van der Waals surface area contributed by atoms with E-state index < -0.39 is 0 Å². The molecule has 1 aliphatic carbocycles. The molecule has 0 aliphatic heterocycles. The van der Waals surface area contributed by atoms with Gasteiger partial charge in [0.15, 0.2) is 0 Å². The van der Waals surface area contributed by atoms with Gasteiger partial charge in [-0.25, -0.2) is 0 Å². The molecular weight excluding hydrogens is 132 g/mol. The van der Waals surface area contributed by atoms with E-state index in [0.717, 1.165) is 11.8 Å². The Hall–Kier alpha value is -0.780. The molecular formula is C11H14. The third-order valence-corrected chi connectivity index (χ3v) is 2.94. The fourth-order valence-electron chi connectivity index (χ4n) is 1.99. The lowest BCUT2D eigenvalue weighted by Crippen LogP contribution is -1.97. The van der Waals surface area contributed by atoms with Crippen molar-refractivity contribution in [2.45, 2.75) is 26.2 Å². The summed E-state index contributed by atoms with van der Waals surface area (Å²) in [4.78, 5) is 0. The highest BCUT2D eigenvalue weighted by Crippen LogP contribution is 2.36. The van der Waals surface area contributed by atoms with E-state index in [1.54, 1.807) is 11.1 Å². The third-order valence-electron chi connectivity index (χ3n) is 2.94. The second-order valence-electron chi connectivity index (χ2n) is 3.67. The zero-order valence-corrected chi connectivity index (χ0v) is 7.17. The number of rotatable bonds is 0. The molecule has 0 N–H and O–H groups in total. The van der Waals surface area contributed by atoms with Gasteiger partial charge in [0.2, 0.25) is 0 Å². The molecule has 0 radical (unpaired) electrons. The van der Waals surface area contributed by atoms with Gasteiger partial charge in [0.1, 0.15) is 0 Å². The van der Waals surface area contributed by atoms with Crippen LogP contribution in [0.15, 0.2) is 24.3 Å². The van der Waals surface area contributed by atoms with E-state index in [4.69, 9.17) is 0 Å². The molecule has 0 heterocycles. The first-order chi connectivity index (χ1) is 5.29. The van der Waals surface area contributed by atoms with Gasteiger partial charge in [-0.1, -0.05) is 38.1 Å². The van der Waals surface area contributed by atoms with Gasteiger partial charge in [-0.3, -0.25) is 0 Å². The maximum absolute atomic E-state index is 2.34. The van der Waals surface area contributed by atoms with Crippen LogP contribution in [0, 0.1) is 5.92 Å². The van der Waals surface area contributed by atoms with Crippen LogP contribution in [0.1, 0.15) is 30.9 Å². The number of hydrogen-bond donors (Lipinski definition) is 0. The molecule has 2 unspecified atom stereocenters. The quantitative estimate of drug-likeness (QED) is 0.528. The predicted octanol–water partition coefficient (Wildman–Crippen LogP) is 2.98. The third kappa shape index (κ3) is 0.973. The molecule has 0 aromatic heterocycles. The molecule has 0 saturated carbocycles. The Kier molecular flexibility index (Phi) is 1.49. The predicted molar refractivity (Wildman–Crippen MR) is 47.7 cm³/mol. The van der Waals surface area contributed by atoms with Crippen LogP contribution in [0.5, 0.6) is 0 Å². The maximum Gasteiger partial charge on any atom is -0.0159 e. The number of hydrogen-bond acceptors (Lipinski definition) is 0. The van der Waals surface area contributed by atoms with Crippen molar-refractivity contribution >= 4 is 0 Å². The fraction of sp³-hybridized carbons (Fsp3) is 0.455. The lowest BCUT2D eigenvalue weighted by molar-refractivity contribution is 0.532. The standard InChI is InChI=1S/C11H14/c1-8-7-10-5-3-4-6-11(10)9(8)2/h3-6,8-9H,7H2,1-2H3. The Balaban J connectivity index is 2.47. The Morgan fingerprint density at radius 3 is 2.64 bits per heavy atom. The molecule has 0 spiro atoms. The highest BCUT2D eigenvalue weighted by Gasteiger charge is 2.24. The van der Waals surface area contributed by atoms with Gasteiger partial charge in [0.25, 0.3) is 0 Å². The van der Waals surface area contributed by atoms with E-state index in [1.165, 1.54) is 6.42 Å². The SMILES string of the molecule is CC1Cc2ccccc2C1C. The van der Waals surface area contributed by atoms with E-state index in [-0.39, 0.29) is 0 Å². The summed E-state index contributed by atoms with van der Waals surface area (Å²) in [6, 6.07) is 8.82. The topological polar surface area (TPSA) is 0 Å². The van der Waals surface area contributed by atoms with E-state index in [9.17, 15) is 0 Å². The molecule has 0 saturated heterocycles. The van der Waals surface area contributed by atoms with Crippen molar-refractivity contribution in [1.82, 2.24) is 0 Å². The zero-order valence-electron chi connectivity index (χ0n) is 7.17. The first kappa shape index (κ1) is 6.90. The average molecular weight is 146 g/mol. The molecule has 0 nitrogen and oxygen atoms in total. The van der Waals surface area contributed by atoms with Crippen molar-refractivity contribution in [3.8, 4) is 0 Å². The minimum absolute atomic E-state index is 0.770. The molecule has 0 fully saturated rings. The minimum Gasteiger partial charge on any atom is -0.0620 e. The molecule has 1 aromatic carbocycles. The monoisotopic (exact) mass is 146 g/mol. The van der Waals surface area contributed by atoms with Crippen LogP contribution >= 0.6 is 0 Å². The van der Waals surface area contributed by atoms with Crippen molar-refractivity contribution < 1.29 is 0 Å². The molecule has 0 bridgehead atoms. The summed E-state index contributed by atoms with van der Waals surface area (Å²) in [6.07, 6.45) is 1.28. The summed E-state index contributed by atoms with van der Waals surface area (Å²) in [5, 5.41) is 0. The Labute approximate surface area is 68.3 Å². The first-order valence-corrected chi connectivity index (χ1v) is 4.37. The zero-order chi connectivity index (χ0) is 7.84. The maximum atomic E-state index is 2.34. The largest absolute Gasteiger partial charge is 0.0620 e. The van der Waals surface area contributed by atoms with Crippen molar-refractivity contribution in [3.63, 3.8) is 0 Å². The van der Waals surface area contributed by atoms with Gasteiger partial charge in [-0.05, 0) is 29.4 Å². The highest BCUT2D eigenvalue weighted by atomic mass is 14.3. The van der Waals surface area contributed by atoms with Crippen LogP contribution < -0.4 is 0 Å². The van der Waals surface area contributed by atoms with E-state index in [0.29, 0.717) is 0 Å². The summed E-state index contributed by atoms with van der Waals surface area (Å²) in [7, 11) is 0.